The first-order chi connectivity index (χ1) is 11.1. The lowest BCUT2D eigenvalue weighted by Crippen LogP contribution is -2.24. The molecule has 0 spiro atoms. The number of ether oxygens (including phenoxy) is 1. The van der Waals surface area contributed by atoms with E-state index in [9.17, 15) is 4.79 Å². The van der Waals surface area contributed by atoms with Gasteiger partial charge in [-0.15, -0.1) is 11.3 Å². The molecule has 23 heavy (non-hydrogen) atoms. The number of carbonyl (C=O) groups is 1. The summed E-state index contributed by atoms with van der Waals surface area (Å²) >= 11 is 1.63. The summed E-state index contributed by atoms with van der Waals surface area (Å²) in [4.78, 5) is 14.0. The average molecular weight is 330 g/mol. The number of aryl methyl sites for hydroxylation is 1. The van der Waals surface area contributed by atoms with E-state index in [0.29, 0.717) is 5.92 Å². The van der Waals surface area contributed by atoms with Gasteiger partial charge >= 0.3 is 0 Å². The Kier molecular flexibility index (Phi) is 6.35. The van der Waals surface area contributed by atoms with E-state index >= 15 is 0 Å². The maximum atomic E-state index is 11.8. The first-order valence-electron chi connectivity index (χ1n) is 7.70. The summed E-state index contributed by atoms with van der Waals surface area (Å²) in [5.41, 5.74) is 3.61. The molecule has 0 saturated heterocycles. The van der Waals surface area contributed by atoms with Crippen LogP contribution >= 0.6 is 11.3 Å². The van der Waals surface area contributed by atoms with E-state index in [2.05, 4.69) is 24.4 Å². The van der Waals surface area contributed by atoms with Crippen LogP contribution in [0.15, 0.2) is 41.5 Å². The number of thiophene rings is 1. The zero-order valence-corrected chi connectivity index (χ0v) is 14.5. The highest BCUT2D eigenvalue weighted by Crippen LogP contribution is 2.28. The molecule has 0 bridgehead atoms. The van der Waals surface area contributed by atoms with E-state index in [1.807, 2.05) is 43.3 Å². The van der Waals surface area contributed by atoms with E-state index < -0.39 is 0 Å². The van der Waals surface area contributed by atoms with Crippen molar-refractivity contribution in [1.29, 1.82) is 0 Å². The normalized spacial score (nSPS) is 12.3. The summed E-state index contributed by atoms with van der Waals surface area (Å²) in [6.07, 6.45) is 2.67. The third kappa shape index (κ3) is 5.21. The molecule has 2 aromatic rings. The van der Waals surface area contributed by atoms with Crippen LogP contribution in [0.1, 0.15) is 41.5 Å². The largest absolute Gasteiger partial charge is 0.483 e. The molecule has 0 saturated carbocycles. The van der Waals surface area contributed by atoms with Gasteiger partial charge in [0, 0.05) is 9.75 Å². The van der Waals surface area contributed by atoms with Crippen LogP contribution in [0.5, 0.6) is 5.75 Å². The number of amides is 1. The molecular weight excluding hydrogens is 308 g/mol. The van der Waals surface area contributed by atoms with E-state index in [1.165, 1.54) is 4.88 Å². The van der Waals surface area contributed by atoms with Gasteiger partial charge in [-0.25, -0.2) is 5.43 Å². The van der Waals surface area contributed by atoms with Crippen molar-refractivity contribution in [3.05, 3.63) is 51.7 Å². The smallest absolute Gasteiger partial charge is 0.277 e. The molecule has 1 unspecified atom stereocenters. The number of hydrogen-bond acceptors (Lipinski definition) is 4. The maximum Gasteiger partial charge on any atom is 0.277 e. The van der Waals surface area contributed by atoms with Gasteiger partial charge in [0.1, 0.15) is 5.75 Å². The number of hydrogen-bond donors (Lipinski definition) is 1. The molecule has 1 heterocycles. The standard InChI is InChI=1S/C18H22N2O2S/c1-4-13(2)16-7-5-6-8-17(16)22-12-18(21)20-19-11-15-10-9-14(3)23-15/h5-11,13H,4,12H2,1-3H3,(H,20,21)/b19-11+. The van der Waals surface area contributed by atoms with Crippen LogP contribution in [0.25, 0.3) is 0 Å². The second kappa shape index (κ2) is 8.48. The molecule has 122 valence electrons. The highest BCUT2D eigenvalue weighted by atomic mass is 32.1. The monoisotopic (exact) mass is 330 g/mol. The van der Waals surface area contributed by atoms with Gasteiger partial charge < -0.3 is 4.74 Å². The Morgan fingerprint density at radius 2 is 2.13 bits per heavy atom. The fraction of sp³-hybridized carbons (Fsp3) is 0.333. The molecule has 0 radical (unpaired) electrons. The quantitative estimate of drug-likeness (QED) is 0.614. The molecule has 1 amide bonds. The summed E-state index contributed by atoms with van der Waals surface area (Å²) in [6, 6.07) is 11.8. The van der Waals surface area contributed by atoms with Crippen molar-refractivity contribution in [2.75, 3.05) is 6.61 Å². The molecule has 0 fully saturated rings. The lowest BCUT2D eigenvalue weighted by molar-refractivity contribution is -0.123. The van der Waals surface area contributed by atoms with Crippen LogP contribution < -0.4 is 10.2 Å². The Labute approximate surface area is 141 Å². The van der Waals surface area contributed by atoms with Crippen molar-refractivity contribution < 1.29 is 9.53 Å². The molecule has 1 atom stereocenters. The first kappa shape index (κ1) is 17.2. The van der Waals surface area contributed by atoms with Gasteiger partial charge in [-0.05, 0) is 43.0 Å². The third-order valence-corrected chi connectivity index (χ3v) is 4.50. The lowest BCUT2D eigenvalue weighted by atomic mass is 9.98. The van der Waals surface area contributed by atoms with Crippen molar-refractivity contribution in [3.8, 4) is 5.75 Å². The van der Waals surface area contributed by atoms with E-state index in [-0.39, 0.29) is 12.5 Å². The van der Waals surface area contributed by atoms with Crippen molar-refractivity contribution in [2.45, 2.75) is 33.1 Å². The summed E-state index contributed by atoms with van der Waals surface area (Å²) in [5.74, 6) is 0.887. The second-order valence-corrected chi connectivity index (χ2v) is 6.70. The molecule has 0 aliphatic rings. The molecule has 0 aliphatic carbocycles. The molecule has 5 heteroatoms. The maximum absolute atomic E-state index is 11.8. The summed E-state index contributed by atoms with van der Waals surface area (Å²) < 4.78 is 5.65. The number of nitrogens with zero attached hydrogens (tertiary/aromatic N) is 1. The Hall–Kier alpha value is -2.14. The Bertz CT molecular complexity index is 679. The first-order valence-corrected chi connectivity index (χ1v) is 8.52. The Morgan fingerprint density at radius 1 is 1.35 bits per heavy atom. The molecule has 1 aromatic heterocycles. The second-order valence-electron chi connectivity index (χ2n) is 5.38. The molecule has 1 N–H and O–H groups in total. The van der Waals surface area contributed by atoms with Crippen LogP contribution in [0.4, 0.5) is 0 Å². The van der Waals surface area contributed by atoms with Gasteiger partial charge in [0.05, 0.1) is 6.21 Å². The van der Waals surface area contributed by atoms with Crippen molar-refractivity contribution >= 4 is 23.5 Å². The number of carbonyl (C=O) groups excluding carboxylic acids is 1. The number of nitrogens with one attached hydrogen (secondary N) is 1. The minimum atomic E-state index is -0.270. The van der Waals surface area contributed by atoms with Gasteiger partial charge in [0.25, 0.3) is 5.91 Å². The average Bonchev–Trinajstić information content (AvgIpc) is 2.98. The number of rotatable bonds is 7. The predicted molar refractivity (Wildman–Crippen MR) is 95.4 cm³/mol. The molecular formula is C18H22N2O2S. The van der Waals surface area contributed by atoms with Crippen LogP contribution in [0.2, 0.25) is 0 Å². The van der Waals surface area contributed by atoms with Gasteiger partial charge in [0.15, 0.2) is 6.61 Å². The fourth-order valence-electron chi connectivity index (χ4n) is 2.11. The van der Waals surface area contributed by atoms with Crippen LogP contribution in [0, 0.1) is 6.92 Å². The molecule has 1 aromatic carbocycles. The number of benzene rings is 1. The summed E-state index contributed by atoms with van der Waals surface area (Å²) in [6.45, 7) is 6.27. The summed E-state index contributed by atoms with van der Waals surface area (Å²) in [5, 5.41) is 3.95. The molecule has 4 nitrogen and oxygen atoms in total. The van der Waals surface area contributed by atoms with Gasteiger partial charge in [-0.1, -0.05) is 32.0 Å². The van der Waals surface area contributed by atoms with Crippen LogP contribution in [0.3, 0.4) is 0 Å². The predicted octanol–water partition coefficient (Wildman–Crippen LogP) is 4.10. The molecule has 2 rings (SSSR count). The summed E-state index contributed by atoms with van der Waals surface area (Å²) in [7, 11) is 0. The third-order valence-electron chi connectivity index (χ3n) is 3.56. The van der Waals surface area contributed by atoms with E-state index in [1.54, 1.807) is 17.6 Å². The van der Waals surface area contributed by atoms with Crippen molar-refractivity contribution in [2.24, 2.45) is 5.10 Å². The van der Waals surface area contributed by atoms with Crippen LogP contribution in [-0.2, 0) is 4.79 Å². The highest BCUT2D eigenvalue weighted by Gasteiger charge is 2.10. The Balaban J connectivity index is 1.86. The SMILES string of the molecule is CCC(C)c1ccccc1OCC(=O)N/N=C/c1ccc(C)s1. The van der Waals surface area contributed by atoms with E-state index in [0.717, 1.165) is 22.6 Å². The van der Waals surface area contributed by atoms with Gasteiger partial charge in [0.2, 0.25) is 0 Å². The minimum absolute atomic E-state index is 0.0474. The van der Waals surface area contributed by atoms with Gasteiger partial charge in [-0.2, -0.15) is 5.10 Å². The Morgan fingerprint density at radius 3 is 2.83 bits per heavy atom. The topological polar surface area (TPSA) is 50.7 Å². The number of para-hydroxylation sites is 1. The molecule has 0 aliphatic heterocycles. The zero-order valence-electron chi connectivity index (χ0n) is 13.7. The lowest BCUT2D eigenvalue weighted by Gasteiger charge is -2.15. The zero-order chi connectivity index (χ0) is 16.7. The highest BCUT2D eigenvalue weighted by molar-refractivity contribution is 7.13. The van der Waals surface area contributed by atoms with Crippen molar-refractivity contribution in [3.63, 3.8) is 0 Å². The van der Waals surface area contributed by atoms with E-state index in [4.69, 9.17) is 4.74 Å². The fourth-order valence-corrected chi connectivity index (χ4v) is 2.85. The van der Waals surface area contributed by atoms with Gasteiger partial charge in [-0.3, -0.25) is 4.79 Å². The van der Waals surface area contributed by atoms with Crippen molar-refractivity contribution in [1.82, 2.24) is 5.43 Å². The van der Waals surface area contributed by atoms with Crippen LogP contribution in [-0.4, -0.2) is 18.7 Å². The number of hydrazone groups is 1. The minimum Gasteiger partial charge on any atom is -0.483 e.